The fourth-order valence-electron chi connectivity index (χ4n) is 0.813. The van der Waals surface area contributed by atoms with E-state index in [2.05, 4.69) is 0 Å². The Balaban J connectivity index is 2.87. The third-order valence-corrected chi connectivity index (χ3v) is 2.04. The van der Waals surface area contributed by atoms with E-state index in [9.17, 15) is 0 Å². The van der Waals surface area contributed by atoms with Gasteiger partial charge in [-0.25, -0.2) is 0 Å². The van der Waals surface area contributed by atoms with Gasteiger partial charge >= 0.3 is 0 Å². The van der Waals surface area contributed by atoms with Gasteiger partial charge in [0.25, 0.3) is 0 Å². The topological polar surface area (TPSA) is 9.23 Å². The minimum absolute atomic E-state index is 0.721. The van der Waals surface area contributed by atoms with Crippen LogP contribution < -0.4 is 4.74 Å². The highest BCUT2D eigenvalue weighted by Crippen LogP contribution is 2.27. The second-order valence-corrected chi connectivity index (χ2v) is 3.01. The second kappa shape index (κ2) is 4.29. The smallest absolute Gasteiger partial charge is 0.132 e. The number of methoxy groups -OCH3 is 1. The van der Waals surface area contributed by atoms with Crippen molar-refractivity contribution in [2.75, 3.05) is 12.8 Å². The van der Waals surface area contributed by atoms with Gasteiger partial charge in [-0.3, -0.25) is 0 Å². The molecule has 2 heteroatoms. The number of hydrogen-bond donors (Lipinski definition) is 0. The quantitative estimate of drug-likeness (QED) is 0.509. The summed E-state index contributed by atoms with van der Waals surface area (Å²) >= 11 is 1.16. The van der Waals surface area contributed by atoms with Crippen LogP contribution in [0.2, 0.25) is 0 Å². The van der Waals surface area contributed by atoms with E-state index in [4.69, 9.17) is 7.48 Å². The molecule has 0 aromatic heterocycles. The summed E-state index contributed by atoms with van der Waals surface area (Å²) in [6, 6.07) is 7.42. The monoisotopic (exact) mass is 170 g/mol. The molecule has 0 fully saturated rings. The summed E-state index contributed by atoms with van der Waals surface area (Å²) in [5.74, 6) is 0.721. The molecule has 1 rings (SSSR count). The first kappa shape index (κ1) is 5.95. The van der Waals surface area contributed by atoms with Crippen molar-refractivity contribution < 1.29 is 7.48 Å². The molecule has 0 aliphatic heterocycles. The lowest BCUT2D eigenvalue weighted by molar-refractivity contribution is 0.405. The summed E-state index contributed by atoms with van der Waals surface area (Å²) in [7, 11) is 1.59. The Kier molecular flexibility index (Phi) is 2.32. The van der Waals surface area contributed by atoms with Crippen LogP contribution in [0.4, 0.5) is 0 Å². The number of hydrogen-bond acceptors (Lipinski definition) is 2. The second-order valence-electron chi connectivity index (χ2n) is 1.96. The standard InChI is InChI=1S/C9H12OS/c1-3-11-9-7-5-4-6-8(9)10-2/h4-7H,3H2,1-2H3/i3+1DH/t3-/m0/s1. The van der Waals surface area contributed by atoms with Crippen LogP contribution in [0, 0.1) is 0 Å². The first-order valence-electron chi connectivity index (χ1n) is 4.35. The highest BCUT2D eigenvalue weighted by atomic mass is 32.2. The average molecular weight is 170 g/mol. The zero-order valence-electron chi connectivity index (χ0n) is 8.63. The molecular weight excluding hydrogens is 157 g/mol. The van der Waals surface area contributed by atoms with E-state index in [0.29, 0.717) is 0 Å². The lowest BCUT2D eigenvalue weighted by Crippen LogP contribution is -1.84. The summed E-state index contributed by atoms with van der Waals surface area (Å²) in [4.78, 5) is 0.831. The minimum atomic E-state index is -1.27. The van der Waals surface area contributed by atoms with E-state index in [-0.39, 0.29) is 0 Å². The van der Waals surface area contributed by atoms with Crippen molar-refractivity contribution in [2.45, 2.75) is 11.8 Å². The van der Waals surface area contributed by atoms with Gasteiger partial charge in [-0.05, 0) is 17.8 Å². The van der Waals surface area contributed by atoms with Gasteiger partial charge in [-0.1, -0.05) is 19.1 Å². The van der Waals surface area contributed by atoms with Crippen LogP contribution in [0.25, 0.3) is 0 Å². The Morgan fingerprint density at radius 2 is 2.45 bits per heavy atom. The highest BCUT2D eigenvalue weighted by molar-refractivity contribution is 7.99. The first-order valence-corrected chi connectivity index (χ1v) is 4.16. The molecule has 0 saturated carbocycles. The largest absolute Gasteiger partial charge is 0.496 e. The van der Waals surface area contributed by atoms with Gasteiger partial charge in [0.2, 0.25) is 0 Å². The van der Waals surface area contributed by atoms with Crippen LogP contribution in [-0.4, -0.2) is 12.8 Å². The van der Waals surface area contributed by atoms with Crippen molar-refractivity contribution in [3.8, 4) is 5.75 Å². The molecule has 1 nitrogen and oxygen atoms in total. The normalized spacial score (nSPS) is 18.0. The van der Waals surface area contributed by atoms with Gasteiger partial charge < -0.3 is 4.74 Å². The molecule has 1 atom stereocenters. The van der Waals surface area contributed by atoms with Crippen LogP contribution >= 0.6 is 11.8 Å². The molecule has 0 spiro atoms. The number of thioether (sulfide) groups is 1. The summed E-state index contributed by atoms with van der Waals surface area (Å²) in [6.07, 6.45) is 0. The van der Waals surface area contributed by atoms with E-state index >= 15 is 0 Å². The van der Waals surface area contributed by atoms with Gasteiger partial charge in [-0.2, -0.15) is 0 Å². The summed E-state index contributed by atoms with van der Waals surface area (Å²) < 4.78 is 19.9. The van der Waals surface area contributed by atoms with Crippen LogP contribution in [-0.2, 0) is 0 Å². The van der Waals surface area contributed by atoms with E-state index in [1.54, 1.807) is 7.11 Å². The lowest BCUT2D eigenvalue weighted by Gasteiger charge is -2.04. The third-order valence-electron chi connectivity index (χ3n) is 1.28. The molecule has 0 N–H and O–H groups in total. The third kappa shape index (κ3) is 2.15. The van der Waals surface area contributed by atoms with Gasteiger partial charge in [0.05, 0.1) is 7.11 Å². The molecular formula is C9H12OS. The van der Waals surface area contributed by atoms with Crippen molar-refractivity contribution >= 4 is 11.8 Å². The Morgan fingerprint density at radius 3 is 3.09 bits per heavy atom. The van der Waals surface area contributed by atoms with Gasteiger partial charge in [0.15, 0.2) is 0 Å². The molecule has 0 bridgehead atoms. The van der Waals surface area contributed by atoms with E-state index in [0.717, 1.165) is 22.4 Å². The van der Waals surface area contributed by atoms with Crippen LogP contribution in [0.5, 0.6) is 5.75 Å². The van der Waals surface area contributed by atoms with Crippen LogP contribution in [0.3, 0.4) is 0 Å². The predicted molar refractivity (Wildman–Crippen MR) is 49.4 cm³/mol. The Morgan fingerprint density at radius 1 is 1.73 bits per heavy atom. The molecule has 0 amide bonds. The molecule has 0 heterocycles. The zero-order chi connectivity index (χ0) is 9.90. The Hall–Kier alpha value is -0.630. The zero-order valence-corrected chi connectivity index (χ0v) is 7.44. The number of benzene rings is 1. The number of ether oxygens (including phenoxy) is 1. The molecule has 0 aliphatic carbocycles. The Labute approximate surface area is 74.6 Å². The molecule has 0 aliphatic rings. The molecule has 60 valence electrons. The van der Waals surface area contributed by atoms with Crippen LogP contribution in [0.15, 0.2) is 29.2 Å². The highest BCUT2D eigenvalue weighted by Gasteiger charge is 1.98. The predicted octanol–water partition coefficient (Wildman–Crippen LogP) is 2.81. The lowest BCUT2D eigenvalue weighted by atomic mass is 10.3. The fourth-order valence-corrected chi connectivity index (χ4v) is 1.43. The van der Waals surface area contributed by atoms with Crippen LogP contribution in [0.1, 0.15) is 9.67 Å². The van der Waals surface area contributed by atoms with Crippen molar-refractivity contribution in [2.24, 2.45) is 0 Å². The molecule has 1 aromatic rings. The molecule has 0 unspecified atom stereocenters. The summed E-state index contributed by atoms with van der Waals surface area (Å²) in [6.45, 7) is 1.53. The fraction of sp³-hybridized carbons (Fsp3) is 0.333. The molecule has 0 radical (unpaired) electrons. The van der Waals surface area contributed by atoms with Crippen molar-refractivity contribution in [1.29, 1.82) is 0 Å². The van der Waals surface area contributed by atoms with Gasteiger partial charge in [-0.15, -0.1) is 11.8 Å². The maximum atomic E-state index is 7.42. The van der Waals surface area contributed by atoms with Crippen molar-refractivity contribution in [3.05, 3.63) is 24.3 Å². The van der Waals surface area contributed by atoms with Crippen molar-refractivity contribution in [3.63, 3.8) is 0 Å². The molecule has 11 heavy (non-hydrogen) atoms. The Bertz CT molecular complexity index is 283. The first-order chi connectivity index (χ1) is 6.03. The van der Waals surface area contributed by atoms with E-state index in [1.165, 1.54) is 6.92 Å². The molecule has 1 aromatic carbocycles. The maximum Gasteiger partial charge on any atom is 0.132 e. The number of para-hydroxylation sites is 1. The van der Waals surface area contributed by atoms with E-state index < -0.39 is 5.70 Å². The molecule has 0 saturated heterocycles. The van der Waals surface area contributed by atoms with Crippen molar-refractivity contribution in [1.82, 2.24) is 0 Å². The summed E-state index contributed by atoms with van der Waals surface area (Å²) in [5, 5.41) is 0. The summed E-state index contributed by atoms with van der Waals surface area (Å²) in [5.41, 5.74) is -1.27. The number of rotatable bonds is 3. The average Bonchev–Trinajstić information content (AvgIpc) is 2.02. The van der Waals surface area contributed by atoms with Gasteiger partial charge in [0.1, 0.15) is 5.75 Å². The maximum absolute atomic E-state index is 7.42. The van der Waals surface area contributed by atoms with Gasteiger partial charge in [0, 0.05) is 7.64 Å². The minimum Gasteiger partial charge on any atom is -0.496 e. The SMILES string of the molecule is [1H][13C@]([2H])(C)Sc1ccccc1OC. The van der Waals surface area contributed by atoms with E-state index in [1.807, 2.05) is 24.3 Å².